The van der Waals surface area contributed by atoms with Gasteiger partial charge < -0.3 is 40.3 Å². The Morgan fingerprint density at radius 2 is 0.983 bits per heavy atom. The molecule has 0 saturated carbocycles. The van der Waals surface area contributed by atoms with Crippen LogP contribution in [0.5, 0.6) is 0 Å². The molecule has 1 saturated heterocycles. The molecule has 0 aromatic rings. The lowest BCUT2D eigenvalue weighted by molar-refractivity contribution is -0.302. The molecule has 1 aliphatic heterocycles. The second-order valence-electron chi connectivity index (χ2n) is 16.9. The van der Waals surface area contributed by atoms with Crippen molar-refractivity contribution in [1.82, 2.24) is 5.32 Å². The first kappa shape index (κ1) is 54.4. The van der Waals surface area contributed by atoms with Crippen LogP contribution in [0.4, 0.5) is 0 Å². The second kappa shape index (κ2) is 39.5. The van der Waals surface area contributed by atoms with Crippen LogP contribution < -0.4 is 5.32 Å². The summed E-state index contributed by atoms with van der Waals surface area (Å²) in [6.45, 7) is 3.75. The number of carbonyl (C=O) groups is 1. The second-order valence-corrected chi connectivity index (χ2v) is 16.9. The van der Waals surface area contributed by atoms with Crippen molar-refractivity contribution in [2.45, 2.75) is 256 Å². The highest BCUT2D eigenvalue weighted by Gasteiger charge is 2.44. The van der Waals surface area contributed by atoms with E-state index in [1.54, 1.807) is 6.08 Å². The number of nitrogens with one attached hydrogen (secondary N) is 1. The molecule has 9 heteroatoms. The third-order valence-corrected chi connectivity index (χ3v) is 11.4. The van der Waals surface area contributed by atoms with E-state index in [0.717, 1.165) is 57.8 Å². The van der Waals surface area contributed by atoms with Crippen LogP contribution in [0.1, 0.15) is 213 Å². The maximum atomic E-state index is 12.9. The fourth-order valence-electron chi connectivity index (χ4n) is 7.52. The topological polar surface area (TPSA) is 149 Å². The third-order valence-electron chi connectivity index (χ3n) is 11.4. The maximum absolute atomic E-state index is 12.9. The summed E-state index contributed by atoms with van der Waals surface area (Å²) >= 11 is 0. The average Bonchev–Trinajstić information content (AvgIpc) is 3.22. The zero-order valence-corrected chi connectivity index (χ0v) is 37.3. The van der Waals surface area contributed by atoms with Crippen molar-refractivity contribution in [2.24, 2.45) is 0 Å². The standard InChI is InChI=1S/C49H91NO8/c1-3-5-7-9-11-13-15-17-19-20-21-22-23-24-25-26-28-30-32-34-36-38-43(52)42(41-57-49-48(56)47(55)46(54)44(40-51)58-49)50-45(53)39-37-35-33-31-29-27-18-16-14-12-10-8-6-4-2/h16,18,28,30,36,38,42-44,46-49,51-52,54-56H,3-15,17,19-27,29,31-35,37,39-41H2,1-2H3,(H,50,53)/b18-16-,30-28+,38-36+. The van der Waals surface area contributed by atoms with Crippen LogP contribution in [-0.2, 0) is 14.3 Å². The number of amides is 1. The molecule has 6 N–H and O–H groups in total. The van der Waals surface area contributed by atoms with Gasteiger partial charge in [0.05, 0.1) is 25.4 Å². The van der Waals surface area contributed by atoms with Crippen LogP contribution in [-0.4, -0.2) is 87.5 Å². The summed E-state index contributed by atoms with van der Waals surface area (Å²) in [6.07, 6.45) is 41.9. The Labute approximate surface area is 355 Å². The summed E-state index contributed by atoms with van der Waals surface area (Å²) in [5.41, 5.74) is 0. The van der Waals surface area contributed by atoms with Crippen LogP contribution in [0.25, 0.3) is 0 Å². The monoisotopic (exact) mass is 822 g/mol. The van der Waals surface area contributed by atoms with Crippen LogP contribution >= 0.6 is 0 Å². The lowest BCUT2D eigenvalue weighted by Crippen LogP contribution is -2.60. The van der Waals surface area contributed by atoms with E-state index < -0.39 is 49.5 Å². The lowest BCUT2D eigenvalue weighted by atomic mass is 9.99. The van der Waals surface area contributed by atoms with Crippen molar-refractivity contribution in [3.63, 3.8) is 0 Å². The van der Waals surface area contributed by atoms with Crippen molar-refractivity contribution in [2.75, 3.05) is 13.2 Å². The first-order valence-corrected chi connectivity index (χ1v) is 24.2. The lowest BCUT2D eigenvalue weighted by Gasteiger charge is -2.40. The van der Waals surface area contributed by atoms with E-state index in [9.17, 15) is 30.3 Å². The molecule has 9 nitrogen and oxygen atoms in total. The van der Waals surface area contributed by atoms with Gasteiger partial charge in [0.15, 0.2) is 6.29 Å². The van der Waals surface area contributed by atoms with E-state index in [-0.39, 0.29) is 12.5 Å². The highest BCUT2D eigenvalue weighted by Crippen LogP contribution is 2.22. The Hall–Kier alpha value is -1.59. The van der Waals surface area contributed by atoms with Gasteiger partial charge in [0, 0.05) is 6.42 Å². The molecule has 1 heterocycles. The molecule has 340 valence electrons. The summed E-state index contributed by atoms with van der Waals surface area (Å²) in [6, 6.07) is -0.824. The van der Waals surface area contributed by atoms with Gasteiger partial charge in [-0.1, -0.05) is 185 Å². The Morgan fingerprint density at radius 3 is 1.45 bits per heavy atom. The number of hydrogen-bond donors (Lipinski definition) is 6. The van der Waals surface area contributed by atoms with E-state index in [1.165, 1.54) is 135 Å². The molecule has 1 fully saturated rings. The van der Waals surface area contributed by atoms with Gasteiger partial charge in [-0.15, -0.1) is 0 Å². The molecule has 0 spiro atoms. The molecular weight excluding hydrogens is 731 g/mol. The summed E-state index contributed by atoms with van der Waals surface area (Å²) in [4.78, 5) is 12.9. The number of unbranched alkanes of at least 4 members (excludes halogenated alkanes) is 26. The molecule has 0 aliphatic carbocycles. The molecule has 7 unspecified atom stereocenters. The minimum absolute atomic E-state index is 0.196. The van der Waals surface area contributed by atoms with Gasteiger partial charge in [0.2, 0.25) is 5.91 Å². The Balaban J connectivity index is 2.35. The van der Waals surface area contributed by atoms with Gasteiger partial charge in [0.1, 0.15) is 24.4 Å². The Bertz CT molecular complexity index is 1000. The molecule has 0 radical (unpaired) electrons. The zero-order chi connectivity index (χ0) is 42.3. The number of aliphatic hydroxyl groups is 5. The van der Waals surface area contributed by atoms with Gasteiger partial charge in [-0.25, -0.2) is 0 Å². The minimum atomic E-state index is -1.57. The number of ether oxygens (including phenoxy) is 2. The number of carbonyl (C=O) groups excluding carboxylic acids is 1. The smallest absolute Gasteiger partial charge is 0.220 e. The number of aliphatic hydroxyl groups excluding tert-OH is 5. The fraction of sp³-hybridized carbons (Fsp3) is 0.857. The molecule has 0 aromatic carbocycles. The van der Waals surface area contributed by atoms with E-state index in [0.29, 0.717) is 6.42 Å². The van der Waals surface area contributed by atoms with Crippen LogP contribution in [0.3, 0.4) is 0 Å². The molecule has 1 rings (SSSR count). The van der Waals surface area contributed by atoms with E-state index >= 15 is 0 Å². The van der Waals surface area contributed by atoms with Crippen LogP contribution in [0, 0.1) is 0 Å². The molecular formula is C49H91NO8. The van der Waals surface area contributed by atoms with E-state index in [2.05, 4.69) is 43.5 Å². The molecule has 1 aliphatic rings. The van der Waals surface area contributed by atoms with Gasteiger partial charge >= 0.3 is 0 Å². The Kier molecular flexibility index (Phi) is 37.1. The predicted molar refractivity (Wildman–Crippen MR) is 240 cm³/mol. The van der Waals surface area contributed by atoms with Crippen molar-refractivity contribution < 1.29 is 39.8 Å². The Morgan fingerprint density at radius 1 is 0.569 bits per heavy atom. The zero-order valence-electron chi connectivity index (χ0n) is 37.3. The number of allylic oxidation sites excluding steroid dienone is 5. The molecule has 1 amide bonds. The molecule has 0 bridgehead atoms. The fourth-order valence-corrected chi connectivity index (χ4v) is 7.52. The third kappa shape index (κ3) is 29.6. The maximum Gasteiger partial charge on any atom is 0.220 e. The summed E-state index contributed by atoms with van der Waals surface area (Å²) in [5.74, 6) is -0.196. The van der Waals surface area contributed by atoms with Crippen molar-refractivity contribution in [1.29, 1.82) is 0 Å². The van der Waals surface area contributed by atoms with Gasteiger partial charge in [-0.05, 0) is 57.8 Å². The van der Waals surface area contributed by atoms with Gasteiger partial charge in [-0.2, -0.15) is 0 Å². The number of hydrogen-bond acceptors (Lipinski definition) is 8. The van der Waals surface area contributed by atoms with Gasteiger partial charge in [0.25, 0.3) is 0 Å². The normalized spacial score (nSPS) is 21.1. The highest BCUT2D eigenvalue weighted by molar-refractivity contribution is 5.76. The van der Waals surface area contributed by atoms with Crippen molar-refractivity contribution >= 4 is 5.91 Å². The van der Waals surface area contributed by atoms with Crippen LogP contribution in [0.2, 0.25) is 0 Å². The summed E-state index contributed by atoms with van der Waals surface area (Å²) in [7, 11) is 0. The quantitative estimate of drug-likeness (QED) is 0.0264. The molecule has 0 aromatic heterocycles. The molecule has 58 heavy (non-hydrogen) atoms. The predicted octanol–water partition coefficient (Wildman–Crippen LogP) is 10.5. The van der Waals surface area contributed by atoms with Gasteiger partial charge in [-0.3, -0.25) is 4.79 Å². The summed E-state index contributed by atoms with van der Waals surface area (Å²) < 4.78 is 11.2. The van der Waals surface area contributed by atoms with E-state index in [1.807, 2.05) is 6.08 Å². The summed E-state index contributed by atoms with van der Waals surface area (Å²) in [5, 5.41) is 54.2. The average molecular weight is 822 g/mol. The SMILES string of the molecule is CCCCCCC/C=C\CCCCCCCC(=O)NC(COC1OC(CO)C(O)C(O)C1O)C(O)/C=C/CC/C=C/CCCCCCCCCCCCCCCCC. The van der Waals surface area contributed by atoms with Crippen LogP contribution in [0.15, 0.2) is 36.5 Å². The molecule has 7 atom stereocenters. The highest BCUT2D eigenvalue weighted by atomic mass is 16.7. The van der Waals surface area contributed by atoms with Crippen molar-refractivity contribution in [3.8, 4) is 0 Å². The van der Waals surface area contributed by atoms with Crippen molar-refractivity contribution in [3.05, 3.63) is 36.5 Å². The minimum Gasteiger partial charge on any atom is -0.394 e. The number of rotatable bonds is 40. The first-order chi connectivity index (χ1) is 28.3. The first-order valence-electron chi connectivity index (χ1n) is 24.2. The van der Waals surface area contributed by atoms with E-state index in [4.69, 9.17) is 9.47 Å². The largest absolute Gasteiger partial charge is 0.394 e.